The van der Waals surface area contributed by atoms with E-state index in [0.717, 1.165) is 25.0 Å². The molecule has 0 unspecified atom stereocenters. The van der Waals surface area contributed by atoms with Gasteiger partial charge in [0.15, 0.2) is 0 Å². The van der Waals surface area contributed by atoms with Crippen molar-refractivity contribution in [2.75, 3.05) is 12.3 Å². The highest BCUT2D eigenvalue weighted by molar-refractivity contribution is 5.54. The number of rotatable bonds is 5. The zero-order valence-corrected chi connectivity index (χ0v) is 10.6. The predicted octanol–water partition coefficient (Wildman–Crippen LogP) is 4.10. The molecule has 0 atom stereocenters. The van der Waals surface area contributed by atoms with Crippen molar-refractivity contribution in [1.29, 1.82) is 0 Å². The summed E-state index contributed by atoms with van der Waals surface area (Å²) in [4.78, 5) is 0. The molecule has 0 aliphatic carbocycles. The largest absolute Gasteiger partial charge is 0.491 e. The van der Waals surface area contributed by atoms with E-state index in [1.807, 2.05) is 13.8 Å². The van der Waals surface area contributed by atoms with E-state index in [0.29, 0.717) is 18.3 Å². The van der Waals surface area contributed by atoms with E-state index in [9.17, 15) is 13.2 Å². The van der Waals surface area contributed by atoms with Crippen molar-refractivity contribution >= 4 is 5.69 Å². The van der Waals surface area contributed by atoms with Gasteiger partial charge >= 0.3 is 6.18 Å². The van der Waals surface area contributed by atoms with Gasteiger partial charge in [-0.2, -0.15) is 13.2 Å². The van der Waals surface area contributed by atoms with Gasteiger partial charge in [-0.15, -0.1) is 0 Å². The highest BCUT2D eigenvalue weighted by Gasteiger charge is 2.30. The highest BCUT2D eigenvalue weighted by Crippen LogP contribution is 2.33. The van der Waals surface area contributed by atoms with Crippen LogP contribution in [0.3, 0.4) is 0 Å². The van der Waals surface area contributed by atoms with Crippen molar-refractivity contribution in [3.05, 3.63) is 23.8 Å². The number of ether oxygens (including phenoxy) is 1. The fourth-order valence-corrected chi connectivity index (χ4v) is 1.59. The molecule has 1 aromatic rings. The Balaban J connectivity index is 2.74. The molecule has 2 nitrogen and oxygen atoms in total. The lowest BCUT2D eigenvalue weighted by Crippen LogP contribution is -2.12. The van der Waals surface area contributed by atoms with Crippen LogP contribution < -0.4 is 10.5 Å². The molecule has 1 rings (SSSR count). The standard InChI is InChI=1S/C13H18F3NO/c1-3-9(4-2)8-18-12-6-5-10(7-11(12)17)13(14,15)16/h5-7,9H,3-4,8,17H2,1-2H3. The molecule has 0 heterocycles. The number of nitrogens with two attached hydrogens (primary N) is 1. The van der Waals surface area contributed by atoms with Gasteiger partial charge in [-0.1, -0.05) is 26.7 Å². The van der Waals surface area contributed by atoms with E-state index in [-0.39, 0.29) is 5.69 Å². The van der Waals surface area contributed by atoms with Crippen LogP contribution in [0.4, 0.5) is 18.9 Å². The van der Waals surface area contributed by atoms with Crippen LogP contribution in [0.2, 0.25) is 0 Å². The predicted molar refractivity (Wildman–Crippen MR) is 65.4 cm³/mol. The summed E-state index contributed by atoms with van der Waals surface area (Å²) in [5, 5.41) is 0. The van der Waals surface area contributed by atoms with Gasteiger partial charge in [0.05, 0.1) is 17.9 Å². The fraction of sp³-hybridized carbons (Fsp3) is 0.538. The van der Waals surface area contributed by atoms with Crippen LogP contribution in [0.15, 0.2) is 18.2 Å². The Kier molecular flexibility index (Phi) is 4.87. The summed E-state index contributed by atoms with van der Waals surface area (Å²) in [5.74, 6) is 0.710. The molecule has 0 saturated heterocycles. The number of halogens is 3. The minimum atomic E-state index is -4.37. The molecular formula is C13H18F3NO. The molecular weight excluding hydrogens is 243 g/mol. The van der Waals surface area contributed by atoms with Gasteiger partial charge in [-0.05, 0) is 24.1 Å². The second kappa shape index (κ2) is 5.98. The normalized spacial score (nSPS) is 11.9. The third-order valence-electron chi connectivity index (χ3n) is 2.97. The van der Waals surface area contributed by atoms with Crippen LogP contribution in [0.25, 0.3) is 0 Å². The first kappa shape index (κ1) is 14.7. The molecule has 5 heteroatoms. The summed E-state index contributed by atoms with van der Waals surface area (Å²) in [5.41, 5.74) is 4.83. The lowest BCUT2D eigenvalue weighted by Gasteiger charge is -2.16. The van der Waals surface area contributed by atoms with Gasteiger partial charge in [-0.3, -0.25) is 0 Å². The average molecular weight is 261 g/mol. The summed E-state index contributed by atoms with van der Waals surface area (Å²) in [6.07, 6.45) is -2.43. The molecule has 2 N–H and O–H groups in total. The van der Waals surface area contributed by atoms with Crippen molar-refractivity contribution in [3.8, 4) is 5.75 Å². The zero-order chi connectivity index (χ0) is 13.8. The van der Waals surface area contributed by atoms with Crippen LogP contribution in [0.5, 0.6) is 5.75 Å². The Hall–Kier alpha value is -1.39. The number of anilines is 1. The molecule has 0 saturated carbocycles. The highest BCUT2D eigenvalue weighted by atomic mass is 19.4. The molecule has 102 valence electrons. The lowest BCUT2D eigenvalue weighted by atomic mass is 10.1. The quantitative estimate of drug-likeness (QED) is 0.810. The molecule has 0 fully saturated rings. The first-order valence-corrected chi connectivity index (χ1v) is 5.98. The maximum absolute atomic E-state index is 12.4. The Morgan fingerprint density at radius 3 is 2.28 bits per heavy atom. The van der Waals surface area contributed by atoms with Gasteiger partial charge < -0.3 is 10.5 Å². The van der Waals surface area contributed by atoms with E-state index in [1.165, 1.54) is 6.07 Å². The maximum Gasteiger partial charge on any atom is 0.416 e. The first-order chi connectivity index (χ1) is 8.38. The zero-order valence-electron chi connectivity index (χ0n) is 10.6. The van der Waals surface area contributed by atoms with Crippen LogP contribution >= 0.6 is 0 Å². The second-order valence-electron chi connectivity index (χ2n) is 4.24. The number of hydrogen-bond donors (Lipinski definition) is 1. The van der Waals surface area contributed by atoms with E-state index in [2.05, 4.69) is 0 Å². The molecule has 0 aliphatic rings. The first-order valence-electron chi connectivity index (χ1n) is 5.98. The Labute approximate surface area is 105 Å². The minimum Gasteiger partial charge on any atom is -0.491 e. The molecule has 18 heavy (non-hydrogen) atoms. The third kappa shape index (κ3) is 3.82. The smallest absolute Gasteiger partial charge is 0.416 e. The number of hydrogen-bond acceptors (Lipinski definition) is 2. The summed E-state index contributed by atoms with van der Waals surface area (Å²) in [6.45, 7) is 4.57. The summed E-state index contributed by atoms with van der Waals surface area (Å²) >= 11 is 0. The summed E-state index contributed by atoms with van der Waals surface area (Å²) in [7, 11) is 0. The van der Waals surface area contributed by atoms with Gasteiger partial charge in [0.25, 0.3) is 0 Å². The third-order valence-corrected chi connectivity index (χ3v) is 2.97. The second-order valence-corrected chi connectivity index (χ2v) is 4.24. The molecule has 0 amide bonds. The average Bonchev–Trinajstić information content (AvgIpc) is 2.30. The van der Waals surface area contributed by atoms with Crippen LogP contribution in [0, 0.1) is 5.92 Å². The van der Waals surface area contributed by atoms with Crippen molar-refractivity contribution in [1.82, 2.24) is 0 Å². The minimum absolute atomic E-state index is 0.0239. The van der Waals surface area contributed by atoms with Crippen molar-refractivity contribution in [3.63, 3.8) is 0 Å². The molecule has 1 aromatic carbocycles. The van der Waals surface area contributed by atoms with Crippen LogP contribution in [0.1, 0.15) is 32.3 Å². The van der Waals surface area contributed by atoms with Crippen molar-refractivity contribution in [2.45, 2.75) is 32.9 Å². The molecule has 0 spiro atoms. The van der Waals surface area contributed by atoms with Crippen molar-refractivity contribution < 1.29 is 17.9 Å². The van der Waals surface area contributed by atoms with E-state index < -0.39 is 11.7 Å². The van der Waals surface area contributed by atoms with E-state index in [1.54, 1.807) is 0 Å². The van der Waals surface area contributed by atoms with Gasteiger partial charge in [-0.25, -0.2) is 0 Å². The van der Waals surface area contributed by atoms with E-state index >= 15 is 0 Å². The molecule has 0 radical (unpaired) electrons. The van der Waals surface area contributed by atoms with Crippen molar-refractivity contribution in [2.24, 2.45) is 5.92 Å². The van der Waals surface area contributed by atoms with Gasteiger partial charge in [0, 0.05) is 0 Å². The number of benzene rings is 1. The molecule has 0 bridgehead atoms. The SMILES string of the molecule is CCC(CC)COc1ccc(C(F)(F)F)cc1N. The Morgan fingerprint density at radius 2 is 1.83 bits per heavy atom. The number of alkyl halides is 3. The van der Waals surface area contributed by atoms with Crippen LogP contribution in [-0.4, -0.2) is 6.61 Å². The van der Waals surface area contributed by atoms with Crippen LogP contribution in [-0.2, 0) is 6.18 Å². The topological polar surface area (TPSA) is 35.2 Å². The number of nitrogen functional groups attached to an aromatic ring is 1. The monoisotopic (exact) mass is 261 g/mol. The Bertz CT molecular complexity index is 386. The summed E-state index contributed by atoms with van der Waals surface area (Å²) < 4.78 is 42.7. The lowest BCUT2D eigenvalue weighted by molar-refractivity contribution is -0.137. The van der Waals surface area contributed by atoms with Gasteiger partial charge in [0.2, 0.25) is 0 Å². The molecule has 0 aromatic heterocycles. The maximum atomic E-state index is 12.4. The molecule has 0 aliphatic heterocycles. The van der Waals surface area contributed by atoms with E-state index in [4.69, 9.17) is 10.5 Å². The van der Waals surface area contributed by atoms with Gasteiger partial charge in [0.1, 0.15) is 5.75 Å². The Morgan fingerprint density at radius 1 is 1.22 bits per heavy atom. The fourth-order valence-electron chi connectivity index (χ4n) is 1.59. The summed E-state index contributed by atoms with van der Waals surface area (Å²) in [6, 6.07) is 3.17.